The Bertz CT molecular complexity index is 423. The van der Waals surface area contributed by atoms with Crippen molar-refractivity contribution in [2.75, 3.05) is 13.2 Å². The fraction of sp³-hybridized carbons (Fsp3) is 0.583. The van der Waals surface area contributed by atoms with Crippen LogP contribution < -0.4 is 0 Å². The van der Waals surface area contributed by atoms with Gasteiger partial charge >= 0.3 is 0 Å². The topological polar surface area (TPSA) is 46.8 Å². The van der Waals surface area contributed by atoms with Crippen molar-refractivity contribution < 1.29 is 9.84 Å². The first-order chi connectivity index (χ1) is 8.29. The minimum Gasteiger partial charge on any atom is -0.393 e. The smallest absolute Gasteiger partial charge is 0.193 e. The van der Waals surface area contributed by atoms with Crippen LogP contribution in [-0.4, -0.2) is 33.8 Å². The third-order valence-electron chi connectivity index (χ3n) is 2.62. The lowest BCUT2D eigenvalue weighted by atomic mass is 10.1. The van der Waals surface area contributed by atoms with Crippen LogP contribution >= 0.6 is 11.3 Å². The van der Waals surface area contributed by atoms with Crippen LogP contribution in [0.4, 0.5) is 0 Å². The number of ether oxygens (including phenoxy) is 1. The summed E-state index contributed by atoms with van der Waals surface area (Å²) in [6.45, 7) is 3.45. The summed E-state index contributed by atoms with van der Waals surface area (Å²) in [4.78, 5) is 5.43. The molecule has 0 radical (unpaired) electrons. The molecule has 1 unspecified atom stereocenters. The number of fused-ring (bicyclic) bond motifs is 1. The number of rotatable bonds is 7. The summed E-state index contributed by atoms with van der Waals surface area (Å²) in [6.07, 6.45) is 5.94. The number of thiazole rings is 1. The molecular formula is C12H18N2O2S. The van der Waals surface area contributed by atoms with Crippen LogP contribution in [0.15, 0.2) is 17.8 Å². The standard InChI is InChI=1S/C12H18N2O2S/c1-2-16-6-3-4-11(15)8-10-9-14-5-7-17-12(14)13-10/h5,7,9,11,15H,2-4,6,8H2,1H3. The molecule has 94 valence electrons. The van der Waals surface area contributed by atoms with Crippen LogP contribution in [0.25, 0.3) is 4.96 Å². The van der Waals surface area contributed by atoms with Crippen molar-refractivity contribution in [1.82, 2.24) is 9.38 Å². The first-order valence-corrected chi connectivity index (χ1v) is 6.84. The van der Waals surface area contributed by atoms with E-state index in [1.165, 1.54) is 0 Å². The summed E-state index contributed by atoms with van der Waals surface area (Å²) < 4.78 is 7.23. The molecule has 5 heteroatoms. The van der Waals surface area contributed by atoms with E-state index in [0.717, 1.165) is 36.7 Å². The number of hydrogen-bond acceptors (Lipinski definition) is 4. The molecule has 0 fully saturated rings. The van der Waals surface area contributed by atoms with E-state index in [-0.39, 0.29) is 6.10 Å². The van der Waals surface area contributed by atoms with Gasteiger partial charge in [0.1, 0.15) is 0 Å². The van der Waals surface area contributed by atoms with Gasteiger partial charge in [-0.2, -0.15) is 0 Å². The summed E-state index contributed by atoms with van der Waals surface area (Å²) in [5.41, 5.74) is 0.959. The molecule has 2 aromatic heterocycles. The van der Waals surface area contributed by atoms with Gasteiger partial charge in [0, 0.05) is 37.4 Å². The van der Waals surface area contributed by atoms with Crippen molar-refractivity contribution >= 4 is 16.3 Å². The van der Waals surface area contributed by atoms with E-state index in [2.05, 4.69) is 4.98 Å². The van der Waals surface area contributed by atoms with E-state index >= 15 is 0 Å². The van der Waals surface area contributed by atoms with E-state index in [1.54, 1.807) is 11.3 Å². The molecule has 1 atom stereocenters. The van der Waals surface area contributed by atoms with Gasteiger partial charge < -0.3 is 9.84 Å². The van der Waals surface area contributed by atoms with Crippen LogP contribution in [0.5, 0.6) is 0 Å². The molecule has 0 saturated carbocycles. The van der Waals surface area contributed by atoms with Gasteiger partial charge in [-0.15, -0.1) is 11.3 Å². The molecule has 0 aliphatic heterocycles. The van der Waals surface area contributed by atoms with E-state index in [4.69, 9.17) is 4.74 Å². The van der Waals surface area contributed by atoms with Gasteiger partial charge in [-0.1, -0.05) is 0 Å². The molecule has 0 aliphatic carbocycles. The Morgan fingerprint density at radius 1 is 1.59 bits per heavy atom. The molecule has 0 amide bonds. The molecule has 2 aromatic rings. The van der Waals surface area contributed by atoms with E-state index in [0.29, 0.717) is 6.42 Å². The first kappa shape index (κ1) is 12.5. The third-order valence-corrected chi connectivity index (χ3v) is 3.39. The van der Waals surface area contributed by atoms with E-state index in [1.807, 2.05) is 29.1 Å². The summed E-state index contributed by atoms with van der Waals surface area (Å²) in [6, 6.07) is 0. The van der Waals surface area contributed by atoms with Crippen LogP contribution in [0, 0.1) is 0 Å². The zero-order valence-corrected chi connectivity index (χ0v) is 10.8. The Kier molecular flexibility index (Phi) is 4.53. The van der Waals surface area contributed by atoms with Gasteiger partial charge in [-0.3, -0.25) is 4.40 Å². The van der Waals surface area contributed by atoms with Gasteiger partial charge in [0.05, 0.1) is 11.8 Å². The van der Waals surface area contributed by atoms with Crippen molar-refractivity contribution in [2.24, 2.45) is 0 Å². The van der Waals surface area contributed by atoms with Crippen molar-refractivity contribution in [1.29, 1.82) is 0 Å². The Morgan fingerprint density at radius 2 is 2.47 bits per heavy atom. The SMILES string of the molecule is CCOCCCC(O)Cc1cn2ccsc2n1. The number of aromatic nitrogens is 2. The minimum absolute atomic E-state index is 0.319. The predicted octanol–water partition coefficient (Wildman–Crippen LogP) is 2.12. The third kappa shape index (κ3) is 3.52. The number of nitrogens with zero attached hydrogens (tertiary/aromatic N) is 2. The van der Waals surface area contributed by atoms with E-state index < -0.39 is 0 Å². The Balaban J connectivity index is 1.78. The molecule has 0 aliphatic rings. The van der Waals surface area contributed by atoms with Gasteiger partial charge in [0.25, 0.3) is 0 Å². The van der Waals surface area contributed by atoms with Crippen LogP contribution in [0.1, 0.15) is 25.5 Å². The highest BCUT2D eigenvalue weighted by molar-refractivity contribution is 7.15. The molecule has 1 N–H and O–H groups in total. The summed E-state index contributed by atoms with van der Waals surface area (Å²) in [5, 5.41) is 11.9. The van der Waals surface area contributed by atoms with Crippen molar-refractivity contribution in [3.05, 3.63) is 23.5 Å². The first-order valence-electron chi connectivity index (χ1n) is 5.96. The van der Waals surface area contributed by atoms with E-state index in [9.17, 15) is 5.11 Å². The molecule has 2 heterocycles. The van der Waals surface area contributed by atoms with Gasteiger partial charge in [-0.25, -0.2) is 4.98 Å². The predicted molar refractivity (Wildman–Crippen MR) is 68.5 cm³/mol. The Morgan fingerprint density at radius 3 is 3.24 bits per heavy atom. The quantitative estimate of drug-likeness (QED) is 0.770. The summed E-state index contributed by atoms with van der Waals surface area (Å²) in [5.74, 6) is 0. The lowest BCUT2D eigenvalue weighted by Crippen LogP contribution is -2.11. The molecule has 17 heavy (non-hydrogen) atoms. The van der Waals surface area contributed by atoms with Crippen molar-refractivity contribution in [3.63, 3.8) is 0 Å². The molecule has 2 rings (SSSR count). The molecule has 0 aromatic carbocycles. The lowest BCUT2D eigenvalue weighted by molar-refractivity contribution is 0.114. The van der Waals surface area contributed by atoms with Gasteiger partial charge in [0.15, 0.2) is 4.96 Å². The highest BCUT2D eigenvalue weighted by Gasteiger charge is 2.09. The average Bonchev–Trinajstić information content (AvgIpc) is 2.84. The molecule has 0 saturated heterocycles. The number of aliphatic hydroxyl groups is 1. The zero-order valence-electron chi connectivity index (χ0n) is 10.0. The Hall–Kier alpha value is -0.910. The second-order valence-corrected chi connectivity index (χ2v) is 4.90. The number of imidazole rings is 1. The monoisotopic (exact) mass is 254 g/mol. The lowest BCUT2D eigenvalue weighted by Gasteiger charge is -2.08. The maximum Gasteiger partial charge on any atom is 0.193 e. The fourth-order valence-corrected chi connectivity index (χ4v) is 2.50. The number of hydrogen-bond donors (Lipinski definition) is 1. The van der Waals surface area contributed by atoms with Crippen molar-refractivity contribution in [2.45, 2.75) is 32.3 Å². The minimum atomic E-state index is -0.319. The van der Waals surface area contributed by atoms with Crippen LogP contribution in [0.3, 0.4) is 0 Å². The normalized spacial score (nSPS) is 13.3. The molecule has 4 nitrogen and oxygen atoms in total. The second kappa shape index (κ2) is 6.14. The molecule has 0 spiro atoms. The fourth-order valence-electron chi connectivity index (χ4n) is 1.78. The number of aliphatic hydroxyl groups excluding tert-OH is 1. The second-order valence-electron chi connectivity index (χ2n) is 4.02. The summed E-state index contributed by atoms with van der Waals surface area (Å²) >= 11 is 1.61. The molecule has 0 bridgehead atoms. The highest BCUT2D eigenvalue weighted by atomic mass is 32.1. The largest absolute Gasteiger partial charge is 0.393 e. The maximum absolute atomic E-state index is 9.86. The van der Waals surface area contributed by atoms with Gasteiger partial charge in [0.2, 0.25) is 0 Å². The van der Waals surface area contributed by atoms with Crippen LogP contribution in [0.2, 0.25) is 0 Å². The summed E-state index contributed by atoms with van der Waals surface area (Å²) in [7, 11) is 0. The molecular weight excluding hydrogens is 236 g/mol. The Labute approximate surface area is 105 Å². The van der Waals surface area contributed by atoms with Crippen LogP contribution in [-0.2, 0) is 11.2 Å². The van der Waals surface area contributed by atoms with Crippen molar-refractivity contribution in [3.8, 4) is 0 Å². The average molecular weight is 254 g/mol. The maximum atomic E-state index is 9.86. The van der Waals surface area contributed by atoms with Gasteiger partial charge in [-0.05, 0) is 19.8 Å². The highest BCUT2D eigenvalue weighted by Crippen LogP contribution is 2.13. The zero-order chi connectivity index (χ0) is 12.1.